The van der Waals surface area contributed by atoms with E-state index in [4.69, 9.17) is 15.2 Å². The summed E-state index contributed by atoms with van der Waals surface area (Å²) in [5.41, 5.74) is 5.61. The third kappa shape index (κ3) is 4.28. The zero-order valence-corrected chi connectivity index (χ0v) is 11.1. The summed E-state index contributed by atoms with van der Waals surface area (Å²) in [6.45, 7) is 2.85. The van der Waals surface area contributed by atoms with Crippen molar-refractivity contribution in [2.24, 2.45) is 5.73 Å². The highest BCUT2D eigenvalue weighted by Crippen LogP contribution is 2.24. The molecule has 2 N–H and O–H groups in total. The van der Waals surface area contributed by atoms with Crippen molar-refractivity contribution in [3.63, 3.8) is 0 Å². The highest BCUT2D eigenvalue weighted by molar-refractivity contribution is 5.95. The second kappa shape index (κ2) is 7.58. The Morgan fingerprint density at radius 2 is 2.06 bits per heavy atom. The molecule has 0 saturated heterocycles. The van der Waals surface area contributed by atoms with Crippen molar-refractivity contribution < 1.29 is 14.3 Å². The Morgan fingerprint density at radius 1 is 1.28 bits per heavy atom. The Kier molecular flexibility index (Phi) is 6.05. The lowest BCUT2D eigenvalue weighted by Crippen LogP contribution is -2.12. The van der Waals surface area contributed by atoms with Crippen molar-refractivity contribution >= 4 is 5.91 Å². The standard InChI is InChI=1S/C14H21NO3/c1-3-4-5-6-9-18-11-7-8-12(14(15)16)13(10-11)17-2/h7-8,10H,3-6,9H2,1-2H3,(H2,15,16). The van der Waals surface area contributed by atoms with E-state index in [1.807, 2.05) is 0 Å². The normalized spacial score (nSPS) is 10.1. The van der Waals surface area contributed by atoms with Crippen LogP contribution in [-0.4, -0.2) is 19.6 Å². The SMILES string of the molecule is CCCCCCOc1ccc(C(N)=O)c(OC)c1. The third-order valence-electron chi connectivity index (χ3n) is 2.71. The van der Waals surface area contributed by atoms with Gasteiger partial charge in [-0.25, -0.2) is 0 Å². The summed E-state index contributed by atoms with van der Waals surface area (Å²) in [5, 5.41) is 0. The Morgan fingerprint density at radius 3 is 2.67 bits per heavy atom. The summed E-state index contributed by atoms with van der Waals surface area (Å²) in [6, 6.07) is 5.06. The topological polar surface area (TPSA) is 61.5 Å². The summed E-state index contributed by atoms with van der Waals surface area (Å²) in [5.74, 6) is 0.656. The molecule has 0 heterocycles. The molecule has 0 aliphatic rings. The second-order valence-electron chi connectivity index (χ2n) is 4.14. The lowest BCUT2D eigenvalue weighted by atomic mass is 10.2. The van der Waals surface area contributed by atoms with E-state index in [9.17, 15) is 4.79 Å². The van der Waals surface area contributed by atoms with E-state index >= 15 is 0 Å². The minimum Gasteiger partial charge on any atom is -0.496 e. The van der Waals surface area contributed by atoms with Gasteiger partial charge in [-0.05, 0) is 18.6 Å². The molecule has 0 spiro atoms. The number of ether oxygens (including phenoxy) is 2. The molecule has 100 valence electrons. The summed E-state index contributed by atoms with van der Waals surface area (Å²) < 4.78 is 10.7. The van der Waals surface area contributed by atoms with Crippen LogP contribution >= 0.6 is 0 Å². The molecule has 0 aliphatic heterocycles. The van der Waals surface area contributed by atoms with Crippen LogP contribution < -0.4 is 15.2 Å². The molecule has 1 amide bonds. The summed E-state index contributed by atoms with van der Waals surface area (Å²) in [4.78, 5) is 11.1. The first-order chi connectivity index (χ1) is 8.69. The molecule has 0 fully saturated rings. The molecule has 1 rings (SSSR count). The molecule has 0 unspecified atom stereocenters. The van der Waals surface area contributed by atoms with E-state index in [0.29, 0.717) is 23.7 Å². The zero-order chi connectivity index (χ0) is 13.4. The smallest absolute Gasteiger partial charge is 0.252 e. The van der Waals surface area contributed by atoms with Gasteiger partial charge in [0, 0.05) is 6.07 Å². The van der Waals surface area contributed by atoms with Gasteiger partial charge in [0.15, 0.2) is 0 Å². The Hall–Kier alpha value is -1.71. The first kappa shape index (κ1) is 14.4. The van der Waals surface area contributed by atoms with Crippen LogP contribution in [0.4, 0.5) is 0 Å². The molecular formula is C14H21NO3. The van der Waals surface area contributed by atoms with Crippen molar-refractivity contribution in [1.82, 2.24) is 0 Å². The molecule has 4 nitrogen and oxygen atoms in total. The maximum Gasteiger partial charge on any atom is 0.252 e. The minimum absolute atomic E-state index is 0.371. The van der Waals surface area contributed by atoms with Gasteiger partial charge in [-0.3, -0.25) is 4.79 Å². The number of rotatable bonds is 8. The molecule has 0 saturated carbocycles. The largest absolute Gasteiger partial charge is 0.496 e. The number of benzene rings is 1. The predicted molar refractivity (Wildman–Crippen MR) is 71.1 cm³/mol. The lowest BCUT2D eigenvalue weighted by Gasteiger charge is -2.10. The van der Waals surface area contributed by atoms with Crippen LogP contribution in [0.15, 0.2) is 18.2 Å². The molecule has 0 aromatic heterocycles. The molecule has 0 bridgehead atoms. The predicted octanol–water partition coefficient (Wildman–Crippen LogP) is 2.75. The van der Waals surface area contributed by atoms with Crippen molar-refractivity contribution in [1.29, 1.82) is 0 Å². The van der Waals surface area contributed by atoms with E-state index < -0.39 is 5.91 Å². The van der Waals surface area contributed by atoms with Gasteiger partial charge in [0.05, 0.1) is 19.3 Å². The fourth-order valence-electron chi connectivity index (χ4n) is 1.68. The van der Waals surface area contributed by atoms with Crippen LogP contribution in [0.5, 0.6) is 11.5 Å². The first-order valence-corrected chi connectivity index (χ1v) is 6.29. The summed E-state index contributed by atoms with van der Waals surface area (Å²) in [7, 11) is 1.51. The van der Waals surface area contributed by atoms with Crippen LogP contribution in [0.2, 0.25) is 0 Å². The van der Waals surface area contributed by atoms with Crippen LogP contribution in [0.1, 0.15) is 43.0 Å². The van der Waals surface area contributed by atoms with Gasteiger partial charge in [-0.1, -0.05) is 26.2 Å². The number of primary amides is 1. The van der Waals surface area contributed by atoms with Gasteiger partial charge in [0.1, 0.15) is 11.5 Å². The maximum atomic E-state index is 11.1. The van der Waals surface area contributed by atoms with E-state index in [1.54, 1.807) is 18.2 Å². The number of carbonyl (C=O) groups is 1. The fourth-order valence-corrected chi connectivity index (χ4v) is 1.68. The van der Waals surface area contributed by atoms with Gasteiger partial charge >= 0.3 is 0 Å². The van der Waals surface area contributed by atoms with Crippen molar-refractivity contribution in [3.8, 4) is 11.5 Å². The van der Waals surface area contributed by atoms with Crippen molar-refractivity contribution in [3.05, 3.63) is 23.8 Å². The fraction of sp³-hybridized carbons (Fsp3) is 0.500. The number of hydrogen-bond acceptors (Lipinski definition) is 3. The molecule has 4 heteroatoms. The van der Waals surface area contributed by atoms with Gasteiger partial charge in [0.25, 0.3) is 5.91 Å². The molecule has 0 radical (unpaired) electrons. The molecule has 0 atom stereocenters. The third-order valence-corrected chi connectivity index (χ3v) is 2.71. The van der Waals surface area contributed by atoms with Crippen molar-refractivity contribution in [2.45, 2.75) is 32.6 Å². The van der Waals surface area contributed by atoms with Crippen LogP contribution in [-0.2, 0) is 0 Å². The molecular weight excluding hydrogens is 230 g/mol. The van der Waals surface area contributed by atoms with E-state index in [1.165, 1.54) is 26.4 Å². The average molecular weight is 251 g/mol. The summed E-state index contributed by atoms with van der Waals surface area (Å²) >= 11 is 0. The molecule has 1 aromatic carbocycles. The van der Waals surface area contributed by atoms with E-state index in [0.717, 1.165) is 6.42 Å². The zero-order valence-electron chi connectivity index (χ0n) is 11.1. The summed E-state index contributed by atoms with van der Waals surface area (Å²) in [6.07, 6.45) is 4.65. The van der Waals surface area contributed by atoms with Crippen LogP contribution in [0.25, 0.3) is 0 Å². The number of nitrogens with two attached hydrogens (primary N) is 1. The highest BCUT2D eigenvalue weighted by atomic mass is 16.5. The molecule has 18 heavy (non-hydrogen) atoms. The Labute approximate surface area is 108 Å². The van der Waals surface area contributed by atoms with Crippen LogP contribution in [0, 0.1) is 0 Å². The average Bonchev–Trinajstić information content (AvgIpc) is 2.38. The molecule has 0 aliphatic carbocycles. The van der Waals surface area contributed by atoms with Gasteiger partial charge < -0.3 is 15.2 Å². The minimum atomic E-state index is -0.499. The highest BCUT2D eigenvalue weighted by Gasteiger charge is 2.09. The van der Waals surface area contributed by atoms with Gasteiger partial charge in [-0.15, -0.1) is 0 Å². The number of carbonyl (C=O) groups excluding carboxylic acids is 1. The number of unbranched alkanes of at least 4 members (excludes halogenated alkanes) is 3. The monoisotopic (exact) mass is 251 g/mol. The second-order valence-corrected chi connectivity index (χ2v) is 4.14. The van der Waals surface area contributed by atoms with Gasteiger partial charge in [0.2, 0.25) is 0 Å². The number of hydrogen-bond donors (Lipinski definition) is 1. The molecule has 1 aromatic rings. The quantitative estimate of drug-likeness (QED) is 0.723. The Bertz CT molecular complexity index is 391. The van der Waals surface area contributed by atoms with Crippen LogP contribution in [0.3, 0.4) is 0 Å². The van der Waals surface area contributed by atoms with Gasteiger partial charge in [-0.2, -0.15) is 0 Å². The lowest BCUT2D eigenvalue weighted by molar-refractivity contribution is 0.0997. The number of amides is 1. The maximum absolute atomic E-state index is 11.1. The Balaban J connectivity index is 2.54. The van der Waals surface area contributed by atoms with E-state index in [2.05, 4.69) is 6.92 Å². The number of methoxy groups -OCH3 is 1. The van der Waals surface area contributed by atoms with E-state index in [-0.39, 0.29) is 0 Å². The first-order valence-electron chi connectivity index (χ1n) is 6.29. The van der Waals surface area contributed by atoms with Crippen molar-refractivity contribution in [2.75, 3.05) is 13.7 Å².